The van der Waals surface area contributed by atoms with Crippen molar-refractivity contribution in [3.05, 3.63) is 35.9 Å². The third kappa shape index (κ3) is 2.65. The molecule has 1 aromatic carbocycles. The molecule has 2 aliphatic heterocycles. The van der Waals surface area contributed by atoms with Crippen LogP contribution in [0.25, 0.3) is 11.0 Å². The number of hydrogen-bond donors (Lipinski definition) is 1. The number of hydrogen-bond acceptors (Lipinski definition) is 4. The Morgan fingerprint density at radius 1 is 1.27 bits per heavy atom. The highest BCUT2D eigenvalue weighted by atomic mass is 19.1. The predicted molar refractivity (Wildman–Crippen MR) is 93.1 cm³/mol. The summed E-state index contributed by atoms with van der Waals surface area (Å²) in [4.78, 5) is 36.7. The monoisotopic (exact) mass is 357 g/mol. The van der Waals surface area contributed by atoms with E-state index in [9.17, 15) is 14.0 Å². The van der Waals surface area contributed by atoms with Crippen LogP contribution in [0.1, 0.15) is 30.6 Å². The van der Waals surface area contributed by atoms with E-state index in [2.05, 4.69) is 15.3 Å². The van der Waals surface area contributed by atoms with E-state index >= 15 is 0 Å². The maximum Gasteiger partial charge on any atom is 0.318 e. The second-order valence-corrected chi connectivity index (χ2v) is 7.04. The molecule has 7 nitrogen and oxygen atoms in total. The minimum atomic E-state index is -0.607. The maximum atomic E-state index is 14.4. The molecule has 1 N–H and O–H groups in total. The summed E-state index contributed by atoms with van der Waals surface area (Å²) in [5, 5.41) is 2.94. The molecule has 3 heterocycles. The van der Waals surface area contributed by atoms with Gasteiger partial charge in [-0.15, -0.1) is 0 Å². The molecular weight excluding hydrogens is 337 g/mol. The predicted octanol–water partition coefficient (Wildman–Crippen LogP) is 1.79. The first-order chi connectivity index (χ1) is 12.5. The van der Waals surface area contributed by atoms with Crippen LogP contribution in [0.15, 0.2) is 24.5 Å². The van der Waals surface area contributed by atoms with Gasteiger partial charge in [0.25, 0.3) is 5.91 Å². The van der Waals surface area contributed by atoms with Gasteiger partial charge in [-0.1, -0.05) is 0 Å². The molecular formula is C18H20FN5O2. The molecule has 0 spiro atoms. The largest absolute Gasteiger partial charge is 0.336 e. The Balaban J connectivity index is 1.57. The number of piperidine rings is 1. The minimum absolute atomic E-state index is 0.0125. The van der Waals surface area contributed by atoms with E-state index in [1.165, 1.54) is 24.5 Å². The van der Waals surface area contributed by atoms with Gasteiger partial charge < -0.3 is 15.1 Å². The maximum absolute atomic E-state index is 14.4. The van der Waals surface area contributed by atoms with Crippen LogP contribution in [0.4, 0.5) is 9.18 Å². The first-order valence-corrected chi connectivity index (χ1v) is 8.74. The number of nitrogens with one attached hydrogen (secondary N) is 1. The quantitative estimate of drug-likeness (QED) is 0.889. The molecule has 3 amide bonds. The lowest BCUT2D eigenvalue weighted by Gasteiger charge is -2.38. The summed E-state index contributed by atoms with van der Waals surface area (Å²) in [5.41, 5.74) is 0.879. The van der Waals surface area contributed by atoms with Crippen molar-refractivity contribution in [2.24, 2.45) is 0 Å². The Hall–Kier alpha value is -2.77. The molecule has 26 heavy (non-hydrogen) atoms. The topological polar surface area (TPSA) is 78.4 Å². The molecule has 0 bridgehead atoms. The number of halogens is 1. The van der Waals surface area contributed by atoms with Crippen molar-refractivity contribution in [3.8, 4) is 0 Å². The van der Waals surface area contributed by atoms with Gasteiger partial charge >= 0.3 is 6.03 Å². The van der Waals surface area contributed by atoms with Crippen LogP contribution in [0.5, 0.6) is 0 Å². The first-order valence-electron chi connectivity index (χ1n) is 8.74. The molecule has 0 radical (unpaired) electrons. The molecule has 2 fully saturated rings. The van der Waals surface area contributed by atoms with E-state index in [-0.39, 0.29) is 35.6 Å². The van der Waals surface area contributed by atoms with Crippen LogP contribution in [0, 0.1) is 5.82 Å². The molecule has 2 atom stereocenters. The number of carbonyl (C=O) groups is 2. The van der Waals surface area contributed by atoms with Gasteiger partial charge in [0.2, 0.25) is 0 Å². The van der Waals surface area contributed by atoms with Crippen molar-refractivity contribution in [1.29, 1.82) is 0 Å². The highest BCUT2D eigenvalue weighted by Gasteiger charge is 2.44. The summed E-state index contributed by atoms with van der Waals surface area (Å²) in [6.07, 6.45) is 3.66. The average Bonchev–Trinajstić information content (AvgIpc) is 2.95. The normalized spacial score (nSPS) is 22.7. The minimum Gasteiger partial charge on any atom is -0.336 e. The highest BCUT2D eigenvalue weighted by Crippen LogP contribution is 2.26. The number of urea groups is 1. The second kappa shape index (κ2) is 6.19. The number of aromatic nitrogens is 2. The van der Waals surface area contributed by atoms with Crippen LogP contribution in [-0.4, -0.2) is 62.9 Å². The van der Waals surface area contributed by atoms with Gasteiger partial charge in [0.15, 0.2) is 0 Å². The average molecular weight is 357 g/mol. The Labute approximate surface area is 150 Å². The number of likely N-dealkylation sites (tertiary alicyclic amines) is 1. The summed E-state index contributed by atoms with van der Waals surface area (Å²) in [6, 6.07) is 2.62. The van der Waals surface area contributed by atoms with Crippen LogP contribution < -0.4 is 5.32 Å². The number of carbonyl (C=O) groups excluding carboxylic acids is 2. The molecule has 2 aliphatic rings. The van der Waals surface area contributed by atoms with Crippen molar-refractivity contribution in [3.63, 3.8) is 0 Å². The summed E-state index contributed by atoms with van der Waals surface area (Å²) < 4.78 is 14.4. The Bertz CT molecular complexity index is 887. The molecule has 136 valence electrons. The van der Waals surface area contributed by atoms with Crippen molar-refractivity contribution >= 4 is 23.0 Å². The van der Waals surface area contributed by atoms with E-state index in [0.29, 0.717) is 30.5 Å². The van der Waals surface area contributed by atoms with E-state index in [1.807, 2.05) is 18.7 Å². The Kier molecular flexibility index (Phi) is 3.97. The van der Waals surface area contributed by atoms with E-state index in [4.69, 9.17) is 0 Å². The van der Waals surface area contributed by atoms with E-state index in [0.717, 1.165) is 0 Å². The van der Waals surface area contributed by atoms with Crippen LogP contribution in [0.2, 0.25) is 0 Å². The van der Waals surface area contributed by atoms with Crippen molar-refractivity contribution in [1.82, 2.24) is 25.1 Å². The summed E-state index contributed by atoms with van der Waals surface area (Å²) in [7, 11) is 0. The van der Waals surface area contributed by atoms with Crippen LogP contribution in [-0.2, 0) is 0 Å². The summed E-state index contributed by atoms with van der Waals surface area (Å²) in [6.45, 7) is 4.81. The molecule has 2 saturated heterocycles. The van der Waals surface area contributed by atoms with Gasteiger partial charge in [-0.05, 0) is 26.3 Å². The van der Waals surface area contributed by atoms with Crippen LogP contribution in [0.3, 0.4) is 0 Å². The zero-order valence-corrected chi connectivity index (χ0v) is 14.6. The van der Waals surface area contributed by atoms with Crippen molar-refractivity contribution < 1.29 is 14.0 Å². The molecule has 1 aromatic heterocycles. The molecule has 0 unspecified atom stereocenters. The summed E-state index contributed by atoms with van der Waals surface area (Å²) in [5.74, 6) is -0.991. The standard InChI is InChI=1S/C18H20FN5O2/c1-10(2)24-16-3-6-23(9-15(16)22-18(24)26)17(25)11-7-13-14(8-12(11)19)21-5-4-20-13/h4-5,7-8,10,15-16H,3,6,9H2,1-2H3,(H,22,26)/t15-,16+/m1/s1. The smallest absolute Gasteiger partial charge is 0.318 e. The van der Waals surface area contributed by atoms with E-state index in [1.54, 1.807) is 4.90 Å². The fourth-order valence-corrected chi connectivity index (χ4v) is 3.92. The summed E-state index contributed by atoms with van der Waals surface area (Å²) >= 11 is 0. The zero-order valence-electron chi connectivity index (χ0n) is 14.6. The number of benzene rings is 1. The third-order valence-corrected chi connectivity index (χ3v) is 5.11. The van der Waals surface area contributed by atoms with Crippen molar-refractivity contribution in [2.75, 3.05) is 13.1 Å². The number of amides is 3. The first kappa shape index (κ1) is 16.7. The van der Waals surface area contributed by atoms with Gasteiger partial charge in [0.05, 0.1) is 28.7 Å². The molecule has 0 saturated carbocycles. The molecule has 0 aliphatic carbocycles. The van der Waals surface area contributed by atoms with E-state index < -0.39 is 5.82 Å². The number of rotatable bonds is 2. The highest BCUT2D eigenvalue weighted by molar-refractivity contribution is 5.97. The fraction of sp³-hybridized carbons (Fsp3) is 0.444. The molecule has 4 rings (SSSR count). The van der Waals surface area contributed by atoms with Gasteiger partial charge in [-0.3, -0.25) is 14.8 Å². The molecule has 8 heteroatoms. The lowest BCUT2D eigenvalue weighted by molar-refractivity contribution is 0.0640. The third-order valence-electron chi connectivity index (χ3n) is 5.11. The Morgan fingerprint density at radius 2 is 1.96 bits per heavy atom. The van der Waals surface area contributed by atoms with Gasteiger partial charge in [-0.2, -0.15) is 0 Å². The van der Waals surface area contributed by atoms with Gasteiger partial charge in [0.1, 0.15) is 5.82 Å². The molecule has 2 aromatic rings. The fourth-order valence-electron chi connectivity index (χ4n) is 3.92. The zero-order chi connectivity index (χ0) is 18.4. The Morgan fingerprint density at radius 3 is 2.65 bits per heavy atom. The van der Waals surface area contributed by atoms with Gasteiger partial charge in [-0.25, -0.2) is 9.18 Å². The lowest BCUT2D eigenvalue weighted by atomic mass is 9.98. The van der Waals surface area contributed by atoms with Crippen LogP contribution >= 0.6 is 0 Å². The number of nitrogens with zero attached hydrogens (tertiary/aromatic N) is 4. The number of fused-ring (bicyclic) bond motifs is 2. The second-order valence-electron chi connectivity index (χ2n) is 7.04. The SMILES string of the molecule is CC(C)N1C(=O)N[C@@H]2CN(C(=O)c3cc4nccnc4cc3F)CC[C@@H]21. The van der Waals surface area contributed by atoms with Gasteiger partial charge in [0, 0.05) is 37.6 Å². The van der Waals surface area contributed by atoms with Crippen molar-refractivity contribution in [2.45, 2.75) is 38.4 Å². The lowest BCUT2D eigenvalue weighted by Crippen LogP contribution is -2.53.